The maximum Gasteiger partial charge on any atom is 0.317 e. The van der Waals surface area contributed by atoms with Gasteiger partial charge in [0.25, 0.3) is 0 Å². The van der Waals surface area contributed by atoms with Gasteiger partial charge in [0.05, 0.1) is 6.61 Å². The van der Waals surface area contributed by atoms with Gasteiger partial charge in [-0.05, 0) is 75.3 Å². The molecule has 4 bridgehead atoms. The number of nitrogens with one attached hydrogen (secondary N) is 2. The first kappa shape index (κ1) is 16.6. The van der Waals surface area contributed by atoms with Crippen molar-refractivity contribution in [3.63, 3.8) is 0 Å². The van der Waals surface area contributed by atoms with Crippen molar-refractivity contribution in [1.29, 1.82) is 0 Å². The Hall–Kier alpha value is -1.91. The number of carbonyl (C=O) groups excluding carboxylic acids is 1. The lowest BCUT2D eigenvalue weighted by atomic mass is 9.53. The zero-order valence-electron chi connectivity index (χ0n) is 14.9. The van der Waals surface area contributed by atoms with Crippen LogP contribution in [0.2, 0.25) is 0 Å². The minimum absolute atomic E-state index is 0.0298. The number of rotatable bonds is 6. The molecule has 5 rings (SSSR count). The molecule has 0 radical (unpaired) electrons. The Morgan fingerprint density at radius 2 is 1.60 bits per heavy atom. The van der Waals surface area contributed by atoms with Crippen molar-refractivity contribution in [1.82, 2.24) is 10.6 Å². The molecular formula is C20H28N2O3. The van der Waals surface area contributed by atoms with E-state index in [-0.39, 0.29) is 18.3 Å². The standard InChI is InChI=1S/C20H28N2O3/c1-2-24-17-5-3-4-6-18(17)25-13-21-19(23)22-20-10-14-7-15(11-20)9-16(8-14)12-20/h3-6,14-16H,2,7-13H2,1H3,(H2,21,22,23). The Bertz CT molecular complexity index is 596. The third kappa shape index (κ3) is 3.55. The van der Waals surface area contributed by atoms with E-state index in [4.69, 9.17) is 9.47 Å². The van der Waals surface area contributed by atoms with Crippen LogP contribution in [0.4, 0.5) is 4.79 Å². The number of hydrogen-bond acceptors (Lipinski definition) is 3. The van der Waals surface area contributed by atoms with E-state index in [9.17, 15) is 4.79 Å². The molecule has 0 spiro atoms. The van der Waals surface area contributed by atoms with Gasteiger partial charge in [-0.25, -0.2) is 4.79 Å². The van der Waals surface area contributed by atoms with Gasteiger partial charge in [0.15, 0.2) is 18.2 Å². The third-order valence-electron chi connectivity index (χ3n) is 6.03. The van der Waals surface area contributed by atoms with E-state index in [0.717, 1.165) is 37.0 Å². The summed E-state index contributed by atoms with van der Waals surface area (Å²) in [5, 5.41) is 6.14. The van der Waals surface area contributed by atoms with E-state index in [1.54, 1.807) is 0 Å². The molecule has 2 amide bonds. The van der Waals surface area contributed by atoms with Crippen LogP contribution in [0.15, 0.2) is 24.3 Å². The van der Waals surface area contributed by atoms with Crippen molar-refractivity contribution in [3.05, 3.63) is 24.3 Å². The van der Waals surface area contributed by atoms with E-state index in [1.165, 1.54) is 19.3 Å². The Kier molecular flexibility index (Phi) is 4.48. The highest BCUT2D eigenvalue weighted by Gasteiger charge is 2.51. The first-order chi connectivity index (χ1) is 12.2. The normalized spacial score (nSPS) is 32.3. The Labute approximate surface area is 149 Å². The molecule has 25 heavy (non-hydrogen) atoms. The first-order valence-corrected chi connectivity index (χ1v) is 9.56. The lowest BCUT2D eigenvalue weighted by Gasteiger charge is -2.56. The molecule has 136 valence electrons. The molecule has 0 atom stereocenters. The molecule has 2 N–H and O–H groups in total. The van der Waals surface area contributed by atoms with Crippen molar-refractivity contribution in [2.75, 3.05) is 13.3 Å². The second-order valence-corrected chi connectivity index (χ2v) is 8.00. The molecule has 0 heterocycles. The van der Waals surface area contributed by atoms with Gasteiger partial charge in [-0.15, -0.1) is 0 Å². The second-order valence-electron chi connectivity index (χ2n) is 8.00. The molecule has 0 saturated heterocycles. The predicted molar refractivity (Wildman–Crippen MR) is 95.7 cm³/mol. The molecule has 5 heteroatoms. The lowest BCUT2D eigenvalue weighted by molar-refractivity contribution is -0.0137. The highest BCUT2D eigenvalue weighted by atomic mass is 16.5. The zero-order chi connectivity index (χ0) is 17.3. The summed E-state index contributed by atoms with van der Waals surface area (Å²) in [7, 11) is 0. The third-order valence-corrected chi connectivity index (χ3v) is 6.03. The summed E-state index contributed by atoms with van der Waals surface area (Å²) in [6.07, 6.45) is 7.58. The van der Waals surface area contributed by atoms with Crippen LogP contribution in [0.5, 0.6) is 11.5 Å². The minimum atomic E-state index is -0.115. The summed E-state index contributed by atoms with van der Waals surface area (Å²) in [5.41, 5.74) is 0.0298. The van der Waals surface area contributed by atoms with Gasteiger partial charge in [0, 0.05) is 5.54 Å². The molecule has 1 aromatic carbocycles. The van der Waals surface area contributed by atoms with Crippen LogP contribution >= 0.6 is 0 Å². The van der Waals surface area contributed by atoms with E-state index in [0.29, 0.717) is 18.1 Å². The van der Waals surface area contributed by atoms with Crippen LogP contribution < -0.4 is 20.1 Å². The van der Waals surface area contributed by atoms with E-state index in [2.05, 4.69) is 10.6 Å². The van der Waals surface area contributed by atoms with E-state index < -0.39 is 0 Å². The fourth-order valence-corrected chi connectivity index (χ4v) is 5.57. The summed E-state index contributed by atoms with van der Waals surface area (Å²) < 4.78 is 11.2. The molecule has 0 unspecified atom stereocenters. The van der Waals surface area contributed by atoms with Crippen LogP contribution in [0, 0.1) is 17.8 Å². The Morgan fingerprint density at radius 1 is 1.04 bits per heavy atom. The minimum Gasteiger partial charge on any atom is -0.490 e. The number of para-hydroxylation sites is 2. The van der Waals surface area contributed by atoms with Crippen molar-refractivity contribution in [3.8, 4) is 11.5 Å². The highest BCUT2D eigenvalue weighted by Crippen LogP contribution is 2.55. The van der Waals surface area contributed by atoms with E-state index >= 15 is 0 Å². The molecule has 5 nitrogen and oxygen atoms in total. The molecular weight excluding hydrogens is 316 g/mol. The molecule has 4 fully saturated rings. The maximum absolute atomic E-state index is 12.4. The summed E-state index contributed by atoms with van der Waals surface area (Å²) in [4.78, 5) is 12.4. The first-order valence-electron chi connectivity index (χ1n) is 9.56. The van der Waals surface area contributed by atoms with Gasteiger partial charge in [0.1, 0.15) is 0 Å². The summed E-state index contributed by atoms with van der Waals surface area (Å²) >= 11 is 0. The zero-order valence-corrected chi connectivity index (χ0v) is 14.9. The van der Waals surface area contributed by atoms with Crippen LogP contribution in [0.1, 0.15) is 45.4 Å². The number of ether oxygens (including phenoxy) is 2. The molecule has 4 aliphatic rings. The van der Waals surface area contributed by atoms with Crippen molar-refractivity contribution in [2.24, 2.45) is 17.8 Å². The Morgan fingerprint density at radius 3 is 2.16 bits per heavy atom. The molecule has 0 aromatic heterocycles. The largest absolute Gasteiger partial charge is 0.490 e. The van der Waals surface area contributed by atoms with Gasteiger partial charge in [-0.1, -0.05) is 12.1 Å². The number of urea groups is 1. The van der Waals surface area contributed by atoms with Gasteiger partial charge in [-0.3, -0.25) is 0 Å². The van der Waals surface area contributed by atoms with E-state index in [1.807, 2.05) is 31.2 Å². The second kappa shape index (κ2) is 6.77. The number of hydrogen-bond donors (Lipinski definition) is 2. The highest BCUT2D eigenvalue weighted by molar-refractivity contribution is 5.74. The fraction of sp³-hybridized carbons (Fsp3) is 0.650. The summed E-state index contributed by atoms with van der Waals surface area (Å²) in [5.74, 6) is 3.82. The number of amides is 2. The van der Waals surface area contributed by atoms with Crippen LogP contribution in [-0.2, 0) is 0 Å². The average molecular weight is 344 g/mol. The van der Waals surface area contributed by atoms with Gasteiger partial charge in [0.2, 0.25) is 0 Å². The average Bonchev–Trinajstić information content (AvgIpc) is 2.55. The SMILES string of the molecule is CCOc1ccccc1OCNC(=O)NC12CC3CC(CC(C3)C1)C2. The van der Waals surface area contributed by atoms with Crippen molar-refractivity contribution < 1.29 is 14.3 Å². The predicted octanol–water partition coefficient (Wildman–Crippen LogP) is 3.69. The number of benzene rings is 1. The van der Waals surface area contributed by atoms with Crippen molar-refractivity contribution >= 4 is 6.03 Å². The summed E-state index contributed by atoms with van der Waals surface area (Å²) in [6, 6.07) is 7.41. The summed E-state index contributed by atoms with van der Waals surface area (Å²) in [6.45, 7) is 2.66. The van der Waals surface area contributed by atoms with Gasteiger partial charge >= 0.3 is 6.03 Å². The molecule has 4 aliphatic carbocycles. The maximum atomic E-state index is 12.4. The smallest absolute Gasteiger partial charge is 0.317 e. The van der Waals surface area contributed by atoms with Crippen LogP contribution in [0.25, 0.3) is 0 Å². The quantitative estimate of drug-likeness (QED) is 0.774. The molecule has 0 aliphatic heterocycles. The molecule has 4 saturated carbocycles. The monoisotopic (exact) mass is 344 g/mol. The lowest BCUT2D eigenvalue weighted by Crippen LogP contribution is -2.61. The van der Waals surface area contributed by atoms with Gasteiger partial charge < -0.3 is 20.1 Å². The Balaban J connectivity index is 1.29. The van der Waals surface area contributed by atoms with Crippen LogP contribution in [0.3, 0.4) is 0 Å². The number of carbonyl (C=O) groups is 1. The topological polar surface area (TPSA) is 59.6 Å². The fourth-order valence-electron chi connectivity index (χ4n) is 5.57. The van der Waals surface area contributed by atoms with Crippen LogP contribution in [-0.4, -0.2) is 24.9 Å². The molecule has 1 aromatic rings. The van der Waals surface area contributed by atoms with Crippen molar-refractivity contribution in [2.45, 2.75) is 51.0 Å². The van der Waals surface area contributed by atoms with Gasteiger partial charge in [-0.2, -0.15) is 0 Å².